The van der Waals surface area contributed by atoms with Gasteiger partial charge in [0.2, 0.25) is 5.13 Å². The highest BCUT2D eigenvalue weighted by Crippen LogP contribution is 2.28. The van der Waals surface area contributed by atoms with Gasteiger partial charge < -0.3 is 5.32 Å². The van der Waals surface area contributed by atoms with Gasteiger partial charge in [0.25, 0.3) is 0 Å². The van der Waals surface area contributed by atoms with Gasteiger partial charge in [-0.25, -0.2) is 9.07 Å². The maximum Gasteiger partial charge on any atom is 0.209 e. The van der Waals surface area contributed by atoms with Gasteiger partial charge in [-0.05, 0) is 77.0 Å². The molecular formula is C15H11BrFN3S2. The molecule has 0 atom stereocenters. The van der Waals surface area contributed by atoms with Crippen molar-refractivity contribution in [1.82, 2.24) is 9.78 Å². The second-order valence-corrected chi connectivity index (χ2v) is 7.15. The lowest BCUT2D eigenvalue weighted by Gasteiger charge is -2.06. The molecule has 112 valence electrons. The monoisotopic (exact) mass is 395 g/mol. The maximum atomic E-state index is 13.0. The van der Waals surface area contributed by atoms with Crippen LogP contribution in [0, 0.1) is 16.7 Å². The van der Waals surface area contributed by atoms with E-state index >= 15 is 0 Å². The van der Waals surface area contributed by atoms with E-state index in [9.17, 15) is 4.39 Å². The number of nitrogens with one attached hydrogen (secondary N) is 1. The van der Waals surface area contributed by atoms with Crippen LogP contribution in [0.4, 0.5) is 15.2 Å². The lowest BCUT2D eigenvalue weighted by molar-refractivity contribution is 0.627. The molecule has 7 heteroatoms. The molecule has 3 nitrogen and oxygen atoms in total. The Hall–Kier alpha value is -1.57. The Labute approximate surface area is 144 Å². The van der Waals surface area contributed by atoms with Crippen molar-refractivity contribution >= 4 is 50.3 Å². The Bertz CT molecular complexity index is 871. The van der Waals surface area contributed by atoms with Crippen LogP contribution in [0.25, 0.3) is 5.69 Å². The molecule has 22 heavy (non-hydrogen) atoms. The van der Waals surface area contributed by atoms with Gasteiger partial charge in [0.05, 0.1) is 11.4 Å². The largest absolute Gasteiger partial charge is 0.329 e. The van der Waals surface area contributed by atoms with Gasteiger partial charge in [0.1, 0.15) is 5.82 Å². The molecule has 0 saturated carbocycles. The van der Waals surface area contributed by atoms with Gasteiger partial charge >= 0.3 is 0 Å². The van der Waals surface area contributed by atoms with E-state index in [-0.39, 0.29) is 5.82 Å². The smallest absolute Gasteiger partial charge is 0.209 e. The van der Waals surface area contributed by atoms with Crippen molar-refractivity contribution in [2.75, 3.05) is 5.32 Å². The number of hydrogen-bond donors (Lipinski definition) is 1. The Kier molecular flexibility index (Phi) is 4.37. The summed E-state index contributed by atoms with van der Waals surface area (Å²) in [5.74, 6) is -0.285. The number of aryl methyl sites for hydroxylation is 1. The fourth-order valence-electron chi connectivity index (χ4n) is 1.91. The summed E-state index contributed by atoms with van der Waals surface area (Å²) in [6.07, 6.45) is 0. The number of halogens is 2. The lowest BCUT2D eigenvalue weighted by Crippen LogP contribution is -1.98. The maximum absolute atomic E-state index is 13.0. The summed E-state index contributed by atoms with van der Waals surface area (Å²) >= 11 is 10.2. The van der Waals surface area contributed by atoms with E-state index in [2.05, 4.69) is 26.3 Å². The van der Waals surface area contributed by atoms with Gasteiger partial charge in [-0.1, -0.05) is 17.4 Å². The minimum absolute atomic E-state index is 0.285. The van der Waals surface area contributed by atoms with E-state index in [4.69, 9.17) is 12.2 Å². The van der Waals surface area contributed by atoms with Crippen molar-refractivity contribution in [2.24, 2.45) is 0 Å². The normalized spacial score (nSPS) is 10.7. The average molecular weight is 396 g/mol. The number of rotatable bonds is 3. The third-order valence-electron chi connectivity index (χ3n) is 2.99. The van der Waals surface area contributed by atoms with Crippen LogP contribution in [0.2, 0.25) is 0 Å². The molecule has 1 N–H and O–H groups in total. The molecular weight excluding hydrogens is 385 g/mol. The molecule has 0 spiro atoms. The average Bonchev–Trinajstić information content (AvgIpc) is 2.84. The minimum atomic E-state index is -0.285. The van der Waals surface area contributed by atoms with Gasteiger partial charge in [0, 0.05) is 4.47 Å². The van der Waals surface area contributed by atoms with Crippen LogP contribution in [0.15, 0.2) is 46.9 Å². The second-order valence-electron chi connectivity index (χ2n) is 4.67. The van der Waals surface area contributed by atoms with Gasteiger partial charge in [-0.15, -0.1) is 5.10 Å². The molecule has 0 aliphatic heterocycles. The summed E-state index contributed by atoms with van der Waals surface area (Å²) in [6, 6.07) is 12.1. The Morgan fingerprint density at radius 3 is 2.64 bits per heavy atom. The minimum Gasteiger partial charge on any atom is -0.329 e. The summed E-state index contributed by atoms with van der Waals surface area (Å²) in [6.45, 7) is 2.03. The van der Waals surface area contributed by atoms with E-state index in [1.54, 1.807) is 16.8 Å². The SMILES string of the molecule is Cc1ccc(Nc2nn(-c3ccc(F)cc3)c(=S)s2)c(Br)c1. The van der Waals surface area contributed by atoms with Crippen LogP contribution in [0.5, 0.6) is 0 Å². The van der Waals surface area contributed by atoms with Gasteiger partial charge in [-0.2, -0.15) is 0 Å². The number of nitrogens with zero attached hydrogens (tertiary/aromatic N) is 2. The third kappa shape index (κ3) is 3.26. The molecule has 2 aromatic carbocycles. The molecule has 1 heterocycles. The van der Waals surface area contributed by atoms with E-state index in [0.717, 1.165) is 15.8 Å². The fraction of sp³-hybridized carbons (Fsp3) is 0.0667. The molecule has 0 saturated heterocycles. The predicted molar refractivity (Wildman–Crippen MR) is 94.4 cm³/mol. The molecule has 3 aromatic rings. The first-order valence-corrected chi connectivity index (χ1v) is 8.44. The van der Waals surface area contributed by atoms with Crippen molar-refractivity contribution < 1.29 is 4.39 Å². The summed E-state index contributed by atoms with van der Waals surface area (Å²) in [4.78, 5) is 0. The van der Waals surface area contributed by atoms with Crippen LogP contribution in [-0.2, 0) is 0 Å². The van der Waals surface area contributed by atoms with Crippen LogP contribution in [-0.4, -0.2) is 9.78 Å². The second kappa shape index (κ2) is 6.28. The Morgan fingerprint density at radius 2 is 1.95 bits per heavy atom. The molecule has 0 amide bonds. The summed E-state index contributed by atoms with van der Waals surface area (Å²) in [5, 5.41) is 8.37. The molecule has 0 unspecified atom stereocenters. The van der Waals surface area contributed by atoms with Crippen molar-refractivity contribution in [1.29, 1.82) is 0 Å². The molecule has 0 bridgehead atoms. The first-order valence-electron chi connectivity index (χ1n) is 6.42. The number of hydrogen-bond acceptors (Lipinski definition) is 4. The summed E-state index contributed by atoms with van der Waals surface area (Å²) < 4.78 is 16.2. The van der Waals surface area contributed by atoms with Gasteiger partial charge in [0.15, 0.2) is 3.95 Å². The summed E-state index contributed by atoms with van der Waals surface area (Å²) in [7, 11) is 0. The standard InChI is InChI=1S/C15H11BrFN3S2/c1-9-2-7-13(12(16)8-9)18-14-19-20(15(21)22-14)11-5-3-10(17)4-6-11/h2-8H,1H3,(H,18,19). The summed E-state index contributed by atoms with van der Waals surface area (Å²) in [5.41, 5.74) is 2.82. The van der Waals surface area contributed by atoms with E-state index in [1.165, 1.54) is 29.0 Å². The van der Waals surface area contributed by atoms with Crippen LogP contribution >= 0.6 is 39.5 Å². The molecule has 0 aliphatic rings. The molecule has 0 radical (unpaired) electrons. The van der Waals surface area contributed by atoms with Crippen LogP contribution in [0.1, 0.15) is 5.56 Å². The van der Waals surface area contributed by atoms with E-state index in [0.29, 0.717) is 9.09 Å². The fourth-order valence-corrected chi connectivity index (χ4v) is 3.57. The Morgan fingerprint density at radius 1 is 1.23 bits per heavy atom. The molecule has 0 fully saturated rings. The van der Waals surface area contributed by atoms with Crippen molar-refractivity contribution in [3.05, 3.63) is 62.3 Å². The number of benzene rings is 2. The highest BCUT2D eigenvalue weighted by Gasteiger charge is 2.08. The lowest BCUT2D eigenvalue weighted by atomic mass is 10.2. The highest BCUT2D eigenvalue weighted by atomic mass is 79.9. The van der Waals surface area contributed by atoms with Crippen molar-refractivity contribution in [3.63, 3.8) is 0 Å². The topological polar surface area (TPSA) is 29.9 Å². The molecule has 3 rings (SSSR count). The molecule has 0 aliphatic carbocycles. The zero-order valence-electron chi connectivity index (χ0n) is 11.5. The quantitative estimate of drug-likeness (QED) is 0.583. The highest BCUT2D eigenvalue weighted by molar-refractivity contribution is 9.10. The van der Waals surface area contributed by atoms with Crippen molar-refractivity contribution in [3.8, 4) is 5.69 Å². The third-order valence-corrected chi connectivity index (χ3v) is 4.79. The van der Waals surface area contributed by atoms with Crippen molar-refractivity contribution in [2.45, 2.75) is 6.92 Å². The van der Waals surface area contributed by atoms with Gasteiger partial charge in [-0.3, -0.25) is 0 Å². The van der Waals surface area contributed by atoms with Crippen LogP contribution < -0.4 is 5.32 Å². The zero-order chi connectivity index (χ0) is 15.7. The molecule has 1 aromatic heterocycles. The Balaban J connectivity index is 1.92. The predicted octanol–water partition coefficient (Wildman–Crippen LogP) is 5.62. The zero-order valence-corrected chi connectivity index (χ0v) is 14.7. The first-order chi connectivity index (χ1) is 10.5. The van der Waals surface area contributed by atoms with E-state index < -0.39 is 0 Å². The number of aromatic nitrogens is 2. The first kappa shape index (κ1) is 15.3. The van der Waals surface area contributed by atoms with Crippen LogP contribution in [0.3, 0.4) is 0 Å². The number of anilines is 2. The van der Waals surface area contributed by atoms with E-state index in [1.807, 2.05) is 25.1 Å².